The first-order chi connectivity index (χ1) is 10.5. The molecule has 0 unspecified atom stereocenters. The second kappa shape index (κ2) is 7.41. The van der Waals surface area contributed by atoms with Gasteiger partial charge in [0.2, 0.25) is 11.8 Å². The molecule has 2 aromatic rings. The number of ether oxygens (including phenoxy) is 1. The summed E-state index contributed by atoms with van der Waals surface area (Å²) in [6.07, 6.45) is -0.807. The van der Waals surface area contributed by atoms with E-state index in [0.29, 0.717) is 5.89 Å². The standard InChI is InChI=1S/C13H12BrN3O4S/c1-7(10(18)15-12(19)20-2)22-13-17-16-11(21-13)8-3-5-9(14)6-4-8/h3-7H,1-2H3,(H,15,18,19)/t7-/m0/s1. The third-order valence-corrected chi connectivity index (χ3v) is 4.02. The molecular weight excluding hydrogens is 374 g/mol. The molecule has 2 rings (SSSR count). The number of halogens is 1. The van der Waals surface area contributed by atoms with Crippen LogP contribution in [0.5, 0.6) is 0 Å². The number of rotatable bonds is 4. The molecule has 7 nitrogen and oxygen atoms in total. The zero-order valence-electron chi connectivity index (χ0n) is 11.7. The van der Waals surface area contributed by atoms with Crippen molar-refractivity contribution in [2.75, 3.05) is 7.11 Å². The van der Waals surface area contributed by atoms with Gasteiger partial charge in [0, 0.05) is 10.0 Å². The summed E-state index contributed by atoms with van der Waals surface area (Å²) in [4.78, 5) is 22.7. The van der Waals surface area contributed by atoms with Gasteiger partial charge in [-0.05, 0) is 31.2 Å². The van der Waals surface area contributed by atoms with Crippen molar-refractivity contribution in [2.24, 2.45) is 0 Å². The lowest BCUT2D eigenvalue weighted by molar-refractivity contribution is -0.119. The van der Waals surface area contributed by atoms with Crippen LogP contribution in [0.2, 0.25) is 0 Å². The third-order valence-electron chi connectivity index (χ3n) is 2.56. The lowest BCUT2D eigenvalue weighted by atomic mass is 10.2. The maximum Gasteiger partial charge on any atom is 0.413 e. The predicted octanol–water partition coefficient (Wildman–Crippen LogP) is 2.86. The Balaban J connectivity index is 2.01. The monoisotopic (exact) mass is 385 g/mol. The fraction of sp³-hybridized carbons (Fsp3) is 0.231. The van der Waals surface area contributed by atoms with Crippen molar-refractivity contribution >= 4 is 39.7 Å². The molecule has 0 saturated carbocycles. The van der Waals surface area contributed by atoms with Gasteiger partial charge in [-0.3, -0.25) is 10.1 Å². The Morgan fingerprint density at radius 2 is 2.00 bits per heavy atom. The molecule has 9 heteroatoms. The van der Waals surface area contributed by atoms with Gasteiger partial charge in [-0.15, -0.1) is 10.2 Å². The summed E-state index contributed by atoms with van der Waals surface area (Å²) in [5, 5.41) is 9.54. The van der Waals surface area contributed by atoms with Crippen LogP contribution in [0.4, 0.5) is 4.79 Å². The van der Waals surface area contributed by atoms with Gasteiger partial charge in [0.1, 0.15) is 0 Å². The molecule has 0 radical (unpaired) electrons. The number of hydrogen-bond donors (Lipinski definition) is 1. The van der Waals surface area contributed by atoms with Gasteiger partial charge in [0.15, 0.2) is 0 Å². The molecule has 0 spiro atoms. The van der Waals surface area contributed by atoms with E-state index in [2.05, 4.69) is 36.2 Å². The summed E-state index contributed by atoms with van der Waals surface area (Å²) in [6, 6.07) is 7.39. The second-order valence-electron chi connectivity index (χ2n) is 4.12. The van der Waals surface area contributed by atoms with Crippen molar-refractivity contribution in [3.63, 3.8) is 0 Å². The Kier molecular flexibility index (Phi) is 5.56. The number of amides is 2. The molecule has 116 valence electrons. The van der Waals surface area contributed by atoms with Crippen LogP contribution in [0, 0.1) is 0 Å². The molecule has 0 fully saturated rings. The predicted molar refractivity (Wildman–Crippen MR) is 83.3 cm³/mol. The first-order valence-electron chi connectivity index (χ1n) is 6.14. The quantitative estimate of drug-likeness (QED) is 0.808. The maximum atomic E-state index is 11.7. The highest BCUT2D eigenvalue weighted by Gasteiger charge is 2.20. The lowest BCUT2D eigenvalue weighted by Crippen LogP contribution is -2.35. The minimum absolute atomic E-state index is 0.241. The SMILES string of the molecule is COC(=O)NC(=O)[C@H](C)Sc1nnc(-c2ccc(Br)cc2)o1. The van der Waals surface area contributed by atoms with Gasteiger partial charge in [0.05, 0.1) is 12.4 Å². The van der Waals surface area contributed by atoms with Crippen LogP contribution in [-0.2, 0) is 9.53 Å². The number of hydrogen-bond acceptors (Lipinski definition) is 7. The Hall–Kier alpha value is -1.87. The summed E-state index contributed by atoms with van der Waals surface area (Å²) in [7, 11) is 1.18. The highest BCUT2D eigenvalue weighted by atomic mass is 79.9. The molecule has 1 aromatic heterocycles. The smallest absolute Gasteiger partial charge is 0.413 e. The molecule has 0 aliphatic carbocycles. The third kappa shape index (κ3) is 4.31. The Labute approximate surface area is 138 Å². The summed E-state index contributed by atoms with van der Waals surface area (Å²) in [5.41, 5.74) is 0.772. The lowest BCUT2D eigenvalue weighted by Gasteiger charge is -2.07. The van der Waals surface area contributed by atoms with E-state index in [-0.39, 0.29) is 5.22 Å². The highest BCUT2D eigenvalue weighted by Crippen LogP contribution is 2.26. The number of aromatic nitrogens is 2. The summed E-state index contributed by atoms with van der Waals surface area (Å²) >= 11 is 4.40. The molecule has 0 aliphatic heterocycles. The van der Waals surface area contributed by atoms with Crippen molar-refractivity contribution in [3.8, 4) is 11.5 Å². The molecule has 1 aromatic carbocycles. The van der Waals surface area contributed by atoms with E-state index in [1.54, 1.807) is 6.92 Å². The van der Waals surface area contributed by atoms with Crippen LogP contribution in [0.15, 0.2) is 38.4 Å². The van der Waals surface area contributed by atoms with Gasteiger partial charge in [-0.25, -0.2) is 4.79 Å². The molecule has 0 aliphatic rings. The van der Waals surface area contributed by atoms with E-state index in [0.717, 1.165) is 21.8 Å². The van der Waals surface area contributed by atoms with Crippen LogP contribution in [0.1, 0.15) is 6.92 Å². The zero-order chi connectivity index (χ0) is 16.1. The normalized spacial score (nSPS) is 11.8. The van der Waals surface area contributed by atoms with Crippen LogP contribution in [0.25, 0.3) is 11.5 Å². The van der Waals surface area contributed by atoms with E-state index < -0.39 is 17.3 Å². The van der Waals surface area contributed by atoms with Gasteiger partial charge >= 0.3 is 6.09 Å². The van der Waals surface area contributed by atoms with Crippen molar-refractivity contribution in [1.82, 2.24) is 15.5 Å². The van der Waals surface area contributed by atoms with Gasteiger partial charge in [-0.1, -0.05) is 27.7 Å². The molecule has 1 N–H and O–H groups in total. The highest BCUT2D eigenvalue weighted by molar-refractivity contribution is 9.10. The fourth-order valence-corrected chi connectivity index (χ4v) is 2.37. The number of imide groups is 1. The Morgan fingerprint density at radius 1 is 1.32 bits per heavy atom. The van der Waals surface area contributed by atoms with Crippen molar-refractivity contribution in [2.45, 2.75) is 17.4 Å². The molecule has 1 atom stereocenters. The number of methoxy groups -OCH3 is 1. The minimum atomic E-state index is -0.807. The molecule has 1 heterocycles. The average Bonchev–Trinajstić information content (AvgIpc) is 2.96. The van der Waals surface area contributed by atoms with Crippen LogP contribution in [-0.4, -0.2) is 34.6 Å². The summed E-state index contributed by atoms with van der Waals surface area (Å²) in [5.74, 6) is -0.143. The van der Waals surface area contributed by atoms with E-state index in [1.165, 1.54) is 7.11 Å². The Morgan fingerprint density at radius 3 is 2.64 bits per heavy atom. The molecule has 0 bridgehead atoms. The second-order valence-corrected chi connectivity index (χ2v) is 6.33. The van der Waals surface area contributed by atoms with Crippen molar-refractivity contribution in [1.29, 1.82) is 0 Å². The van der Waals surface area contributed by atoms with E-state index in [1.807, 2.05) is 24.3 Å². The molecule has 2 amide bonds. The number of benzene rings is 1. The average molecular weight is 386 g/mol. The topological polar surface area (TPSA) is 94.3 Å². The molecule has 22 heavy (non-hydrogen) atoms. The number of nitrogens with one attached hydrogen (secondary N) is 1. The first-order valence-corrected chi connectivity index (χ1v) is 7.81. The van der Waals surface area contributed by atoms with Gasteiger partial charge in [0.25, 0.3) is 5.22 Å². The van der Waals surface area contributed by atoms with Crippen LogP contribution < -0.4 is 5.32 Å². The molecule has 0 saturated heterocycles. The van der Waals surface area contributed by atoms with Crippen LogP contribution in [0.3, 0.4) is 0 Å². The van der Waals surface area contributed by atoms with Crippen LogP contribution >= 0.6 is 27.7 Å². The van der Waals surface area contributed by atoms with E-state index in [9.17, 15) is 9.59 Å². The number of carbonyl (C=O) groups excluding carboxylic acids is 2. The molecular formula is C13H12BrN3O4S. The number of thioether (sulfide) groups is 1. The first kappa shape index (κ1) is 16.5. The van der Waals surface area contributed by atoms with Gasteiger partial charge < -0.3 is 9.15 Å². The number of carbonyl (C=O) groups is 2. The van der Waals surface area contributed by atoms with E-state index in [4.69, 9.17) is 4.42 Å². The zero-order valence-corrected chi connectivity index (χ0v) is 14.1. The van der Waals surface area contributed by atoms with Crippen molar-refractivity contribution in [3.05, 3.63) is 28.7 Å². The minimum Gasteiger partial charge on any atom is -0.453 e. The van der Waals surface area contributed by atoms with Crippen molar-refractivity contribution < 1.29 is 18.7 Å². The largest absolute Gasteiger partial charge is 0.453 e. The maximum absolute atomic E-state index is 11.7. The van der Waals surface area contributed by atoms with E-state index >= 15 is 0 Å². The summed E-state index contributed by atoms with van der Waals surface area (Å²) < 4.78 is 10.8. The summed E-state index contributed by atoms with van der Waals surface area (Å²) in [6.45, 7) is 1.62. The Bertz CT molecular complexity index is 674. The fourth-order valence-electron chi connectivity index (χ4n) is 1.42. The number of nitrogens with zero attached hydrogens (tertiary/aromatic N) is 2. The van der Waals surface area contributed by atoms with Gasteiger partial charge in [-0.2, -0.15) is 0 Å². The number of alkyl carbamates (subject to hydrolysis) is 1.